The van der Waals surface area contributed by atoms with Gasteiger partial charge in [-0.1, -0.05) is 42.5 Å². The monoisotopic (exact) mass is 484 g/mol. The van der Waals surface area contributed by atoms with Crippen molar-refractivity contribution in [3.8, 4) is 28.5 Å². The first-order chi connectivity index (χ1) is 17.4. The number of methoxy groups -OCH3 is 3. The molecule has 0 aliphatic heterocycles. The largest absolute Gasteiger partial charge is 0.493 e. The van der Waals surface area contributed by atoms with Crippen LogP contribution in [-0.4, -0.2) is 50.7 Å². The van der Waals surface area contributed by atoms with Crippen LogP contribution in [0, 0.1) is 0 Å². The summed E-state index contributed by atoms with van der Waals surface area (Å²) in [4.78, 5) is 29.5. The summed E-state index contributed by atoms with van der Waals surface area (Å²) in [5, 5.41) is 1.21. The number of pyridine rings is 1. The summed E-state index contributed by atoms with van der Waals surface area (Å²) >= 11 is 0. The molecule has 7 heteroatoms. The number of carbonyl (C=O) groups is 1. The van der Waals surface area contributed by atoms with Gasteiger partial charge in [-0.05, 0) is 37.9 Å². The predicted molar refractivity (Wildman–Crippen MR) is 140 cm³/mol. The van der Waals surface area contributed by atoms with Gasteiger partial charge in [0.2, 0.25) is 5.75 Å². The molecule has 0 fully saturated rings. The summed E-state index contributed by atoms with van der Waals surface area (Å²) in [5.74, 6) is 1.52. The number of ether oxygens (including phenoxy) is 3. The number of aromatic nitrogens is 1. The summed E-state index contributed by atoms with van der Waals surface area (Å²) in [7, 11) is 8.64. The Balaban J connectivity index is 1.76. The molecule has 0 radical (unpaired) electrons. The van der Waals surface area contributed by atoms with Crippen molar-refractivity contribution < 1.29 is 19.0 Å². The first-order valence-electron chi connectivity index (χ1n) is 11.7. The van der Waals surface area contributed by atoms with Crippen LogP contribution in [0.3, 0.4) is 0 Å². The molecular formula is C29H28N2O5. The van der Waals surface area contributed by atoms with Gasteiger partial charge in [0.15, 0.2) is 17.3 Å². The van der Waals surface area contributed by atoms with Gasteiger partial charge in [0.25, 0.3) is 5.56 Å². The zero-order valence-electron chi connectivity index (χ0n) is 21.0. The van der Waals surface area contributed by atoms with Crippen LogP contribution in [0.2, 0.25) is 0 Å². The van der Waals surface area contributed by atoms with Gasteiger partial charge in [-0.3, -0.25) is 9.59 Å². The van der Waals surface area contributed by atoms with Crippen LogP contribution in [-0.2, 0) is 6.54 Å². The van der Waals surface area contributed by atoms with Crippen molar-refractivity contribution in [3.63, 3.8) is 0 Å². The van der Waals surface area contributed by atoms with Gasteiger partial charge in [-0.25, -0.2) is 0 Å². The molecule has 0 spiro atoms. The van der Waals surface area contributed by atoms with Crippen molar-refractivity contribution in [3.05, 3.63) is 87.7 Å². The van der Waals surface area contributed by atoms with Crippen molar-refractivity contribution in [2.24, 2.45) is 0 Å². The second-order valence-corrected chi connectivity index (χ2v) is 9.00. The van der Waals surface area contributed by atoms with E-state index in [0.29, 0.717) is 51.4 Å². The molecule has 0 N–H and O–H groups in total. The van der Waals surface area contributed by atoms with Gasteiger partial charge in [0.05, 0.1) is 38.6 Å². The third kappa shape index (κ3) is 3.55. The minimum atomic E-state index is -0.232. The highest BCUT2D eigenvalue weighted by molar-refractivity contribution is 6.26. The van der Waals surface area contributed by atoms with Crippen LogP contribution in [0.15, 0.2) is 65.5 Å². The van der Waals surface area contributed by atoms with Gasteiger partial charge < -0.3 is 23.7 Å². The summed E-state index contributed by atoms with van der Waals surface area (Å²) in [6, 6.07) is 18.4. The molecular weight excluding hydrogens is 456 g/mol. The van der Waals surface area contributed by atoms with E-state index in [0.717, 1.165) is 11.1 Å². The average molecular weight is 485 g/mol. The molecule has 1 unspecified atom stereocenters. The van der Waals surface area contributed by atoms with E-state index in [9.17, 15) is 9.59 Å². The molecule has 4 aromatic rings. The van der Waals surface area contributed by atoms with Crippen LogP contribution < -0.4 is 19.8 Å². The number of hydrogen-bond acceptors (Lipinski definition) is 6. The second kappa shape index (κ2) is 9.17. The predicted octanol–water partition coefficient (Wildman–Crippen LogP) is 4.54. The fourth-order valence-electron chi connectivity index (χ4n) is 5.14. The fraction of sp³-hybridized carbons (Fsp3) is 0.241. The average Bonchev–Trinajstić information content (AvgIpc) is 3.20. The lowest BCUT2D eigenvalue weighted by Gasteiger charge is -2.28. The van der Waals surface area contributed by atoms with Gasteiger partial charge >= 0.3 is 0 Å². The lowest BCUT2D eigenvalue weighted by atomic mass is 10.0. The summed E-state index contributed by atoms with van der Waals surface area (Å²) < 4.78 is 18.4. The Labute approximate surface area is 209 Å². The topological polar surface area (TPSA) is 70.0 Å². The van der Waals surface area contributed by atoms with E-state index in [1.807, 2.05) is 73.6 Å². The van der Waals surface area contributed by atoms with E-state index in [-0.39, 0.29) is 17.4 Å². The Kier molecular flexibility index (Phi) is 6.02. The van der Waals surface area contributed by atoms with Crippen LogP contribution in [0.5, 0.6) is 17.2 Å². The SMILES string of the molecule is COc1cc(C(Cn2c3c(c4ccccc4c2=O)C(=O)c2ccccc2-3)N(C)C)cc(OC)c1OC. The number of fused-ring (bicyclic) bond motifs is 5. The van der Waals surface area contributed by atoms with Gasteiger partial charge in [-0.2, -0.15) is 0 Å². The molecule has 0 bridgehead atoms. The zero-order valence-corrected chi connectivity index (χ0v) is 21.0. The maximum atomic E-state index is 13.9. The Morgan fingerprint density at radius 1 is 0.806 bits per heavy atom. The molecule has 5 rings (SSSR count). The summed E-state index contributed by atoms with van der Waals surface area (Å²) in [5.41, 5.74) is 3.40. The number of ketones is 1. The number of hydrogen-bond donors (Lipinski definition) is 0. The van der Waals surface area contributed by atoms with Crippen molar-refractivity contribution in [2.75, 3.05) is 35.4 Å². The van der Waals surface area contributed by atoms with E-state index < -0.39 is 0 Å². The lowest BCUT2D eigenvalue weighted by Crippen LogP contribution is -2.31. The molecule has 1 atom stereocenters. The Morgan fingerprint density at radius 3 is 1.97 bits per heavy atom. The molecule has 1 heterocycles. The number of nitrogens with zero attached hydrogens (tertiary/aromatic N) is 2. The summed E-state index contributed by atoms with van der Waals surface area (Å²) in [6.45, 7) is 0.319. The molecule has 0 saturated heterocycles. The first kappa shape index (κ1) is 23.6. The molecule has 184 valence electrons. The molecule has 3 aromatic carbocycles. The maximum absolute atomic E-state index is 13.9. The first-order valence-corrected chi connectivity index (χ1v) is 11.7. The smallest absolute Gasteiger partial charge is 0.259 e. The number of benzene rings is 3. The van der Waals surface area contributed by atoms with Crippen LogP contribution in [0.25, 0.3) is 22.0 Å². The highest BCUT2D eigenvalue weighted by atomic mass is 16.5. The third-order valence-electron chi connectivity index (χ3n) is 6.88. The van der Waals surface area contributed by atoms with E-state index in [1.54, 1.807) is 32.0 Å². The highest BCUT2D eigenvalue weighted by Crippen LogP contribution is 2.42. The van der Waals surface area contributed by atoms with Crippen LogP contribution >= 0.6 is 0 Å². The molecule has 0 amide bonds. The molecule has 1 aliphatic carbocycles. The van der Waals surface area contributed by atoms with Gasteiger partial charge in [-0.15, -0.1) is 0 Å². The van der Waals surface area contributed by atoms with E-state index in [2.05, 4.69) is 0 Å². The van der Waals surface area contributed by atoms with E-state index in [4.69, 9.17) is 14.2 Å². The van der Waals surface area contributed by atoms with Crippen molar-refractivity contribution in [1.82, 2.24) is 9.47 Å². The standard InChI is InChI=1S/C29H28N2O5/c1-30(2)22(17-14-23(34-3)28(36-5)24(15-17)35-4)16-31-26-19-11-7-8-12-20(19)27(32)25(26)18-10-6-9-13-21(18)29(31)33/h6-15,22H,16H2,1-5H3. The third-order valence-corrected chi connectivity index (χ3v) is 6.88. The normalized spacial score (nSPS) is 13.0. The molecule has 1 aliphatic rings. The summed E-state index contributed by atoms with van der Waals surface area (Å²) in [6.07, 6.45) is 0. The number of rotatable bonds is 7. The fourth-order valence-corrected chi connectivity index (χ4v) is 5.14. The zero-order chi connectivity index (χ0) is 25.6. The van der Waals surface area contributed by atoms with Crippen LogP contribution in [0.1, 0.15) is 27.5 Å². The van der Waals surface area contributed by atoms with Gasteiger partial charge in [0, 0.05) is 28.4 Å². The minimum Gasteiger partial charge on any atom is -0.493 e. The van der Waals surface area contributed by atoms with Gasteiger partial charge in [0.1, 0.15) is 0 Å². The maximum Gasteiger partial charge on any atom is 0.259 e. The highest BCUT2D eigenvalue weighted by Gasteiger charge is 2.33. The minimum absolute atomic E-state index is 0.0558. The van der Waals surface area contributed by atoms with Crippen LogP contribution in [0.4, 0.5) is 0 Å². The molecule has 36 heavy (non-hydrogen) atoms. The molecule has 0 saturated carbocycles. The van der Waals surface area contributed by atoms with Crippen molar-refractivity contribution >= 4 is 16.6 Å². The number of likely N-dealkylation sites (N-methyl/N-ethyl adjacent to an activating group) is 1. The lowest BCUT2D eigenvalue weighted by molar-refractivity contribution is 0.104. The van der Waals surface area contributed by atoms with Crippen molar-refractivity contribution in [1.29, 1.82) is 0 Å². The number of carbonyl (C=O) groups excluding carboxylic acids is 1. The quantitative estimate of drug-likeness (QED) is 0.338. The second-order valence-electron chi connectivity index (χ2n) is 9.00. The molecule has 1 aromatic heterocycles. The Bertz CT molecular complexity index is 1530. The Morgan fingerprint density at radius 2 is 1.39 bits per heavy atom. The van der Waals surface area contributed by atoms with E-state index >= 15 is 0 Å². The molecule has 7 nitrogen and oxygen atoms in total. The Hall–Kier alpha value is -4.10. The van der Waals surface area contributed by atoms with Crippen molar-refractivity contribution in [2.45, 2.75) is 12.6 Å². The van der Waals surface area contributed by atoms with E-state index in [1.165, 1.54) is 0 Å².